The number of pyridine rings is 1. The molecule has 1 rings (SSSR count). The zero-order valence-electron chi connectivity index (χ0n) is 12.6. The minimum Gasteiger partial charge on any atom is -0.481 e. The summed E-state index contributed by atoms with van der Waals surface area (Å²) in [5, 5.41) is 22.4. The van der Waals surface area contributed by atoms with Gasteiger partial charge in [-0.1, -0.05) is 6.42 Å². The van der Waals surface area contributed by atoms with Crippen molar-refractivity contribution < 1.29 is 19.6 Å². The molecule has 0 aliphatic carbocycles. The second-order valence-corrected chi connectivity index (χ2v) is 5.88. The topological polar surface area (TPSA) is 122 Å². The number of carboxylic acid groups (broad SMARTS) is 1. The van der Waals surface area contributed by atoms with Crippen molar-refractivity contribution in [1.29, 1.82) is 0 Å². The van der Waals surface area contributed by atoms with E-state index in [2.05, 4.69) is 10.3 Å². The van der Waals surface area contributed by atoms with Crippen LogP contribution >= 0.6 is 11.8 Å². The molecule has 0 spiro atoms. The molecule has 0 bridgehead atoms. The third-order valence-electron chi connectivity index (χ3n) is 2.90. The molecular formula is C14H19N3O5S. The van der Waals surface area contributed by atoms with Gasteiger partial charge in [0.25, 0.3) is 5.69 Å². The fraction of sp³-hybridized carbons (Fsp3) is 0.500. The summed E-state index contributed by atoms with van der Waals surface area (Å²) in [6, 6.07) is 2.94. The van der Waals surface area contributed by atoms with Crippen molar-refractivity contribution >= 4 is 29.3 Å². The van der Waals surface area contributed by atoms with Crippen LogP contribution in [0.25, 0.3) is 0 Å². The number of aromatic nitrogens is 1. The summed E-state index contributed by atoms with van der Waals surface area (Å²) < 4.78 is 0. The maximum Gasteiger partial charge on any atom is 0.303 e. The predicted octanol–water partition coefficient (Wildman–Crippen LogP) is 2.23. The van der Waals surface area contributed by atoms with Gasteiger partial charge >= 0.3 is 5.97 Å². The van der Waals surface area contributed by atoms with Crippen LogP contribution in [0.3, 0.4) is 0 Å². The smallest absolute Gasteiger partial charge is 0.303 e. The lowest BCUT2D eigenvalue weighted by Gasteiger charge is -2.04. The number of rotatable bonds is 11. The van der Waals surface area contributed by atoms with Gasteiger partial charge in [-0.15, -0.1) is 11.8 Å². The molecule has 1 aromatic rings. The summed E-state index contributed by atoms with van der Waals surface area (Å²) >= 11 is 1.36. The SMILES string of the molecule is O=C(O)CCCCCNC(=O)CCSc1ccc([N+](=O)[O-])cn1. The molecule has 9 heteroatoms. The van der Waals surface area contributed by atoms with Gasteiger partial charge in [0.05, 0.1) is 9.95 Å². The number of carbonyl (C=O) groups is 2. The van der Waals surface area contributed by atoms with Crippen molar-refractivity contribution in [2.45, 2.75) is 37.1 Å². The zero-order valence-corrected chi connectivity index (χ0v) is 13.4. The van der Waals surface area contributed by atoms with Crippen molar-refractivity contribution in [3.05, 3.63) is 28.4 Å². The van der Waals surface area contributed by atoms with Crippen LogP contribution in [-0.4, -0.2) is 39.2 Å². The molecule has 0 aliphatic rings. The number of amides is 1. The van der Waals surface area contributed by atoms with E-state index in [1.165, 1.54) is 24.0 Å². The molecular weight excluding hydrogens is 322 g/mol. The van der Waals surface area contributed by atoms with E-state index in [1.807, 2.05) is 0 Å². The van der Waals surface area contributed by atoms with E-state index >= 15 is 0 Å². The molecule has 0 fully saturated rings. The van der Waals surface area contributed by atoms with Crippen LogP contribution < -0.4 is 5.32 Å². The number of unbranched alkanes of at least 4 members (excludes halogenated alkanes) is 2. The maximum atomic E-state index is 11.6. The number of carboxylic acids is 1. The Balaban J connectivity index is 2.09. The van der Waals surface area contributed by atoms with Crippen LogP contribution in [0.4, 0.5) is 5.69 Å². The fourth-order valence-corrected chi connectivity index (χ4v) is 2.50. The second-order valence-electron chi connectivity index (χ2n) is 4.76. The van der Waals surface area contributed by atoms with E-state index < -0.39 is 10.9 Å². The number of hydrogen-bond acceptors (Lipinski definition) is 6. The Morgan fingerprint density at radius 2 is 2.04 bits per heavy atom. The van der Waals surface area contributed by atoms with Crippen LogP contribution in [0, 0.1) is 10.1 Å². The molecule has 126 valence electrons. The first-order chi connectivity index (χ1) is 11.0. The normalized spacial score (nSPS) is 10.3. The Morgan fingerprint density at radius 3 is 2.65 bits per heavy atom. The molecule has 0 radical (unpaired) electrons. The maximum absolute atomic E-state index is 11.6. The number of hydrogen-bond donors (Lipinski definition) is 2. The lowest BCUT2D eigenvalue weighted by atomic mass is 10.2. The lowest BCUT2D eigenvalue weighted by molar-refractivity contribution is -0.385. The van der Waals surface area contributed by atoms with Gasteiger partial charge in [-0.2, -0.15) is 0 Å². The standard InChI is InChI=1S/C14H19N3O5S/c18-12(15-8-3-1-2-4-14(19)20)7-9-23-13-6-5-11(10-16-13)17(21)22/h5-6,10H,1-4,7-9H2,(H,15,18)(H,19,20). The van der Waals surface area contributed by atoms with Crippen LogP contribution in [0.2, 0.25) is 0 Å². The molecule has 0 unspecified atom stereocenters. The quantitative estimate of drug-likeness (QED) is 0.274. The highest BCUT2D eigenvalue weighted by Crippen LogP contribution is 2.18. The van der Waals surface area contributed by atoms with Gasteiger partial charge in [0.1, 0.15) is 6.20 Å². The van der Waals surface area contributed by atoms with E-state index in [1.54, 1.807) is 6.07 Å². The van der Waals surface area contributed by atoms with Gasteiger partial charge in [-0.05, 0) is 18.9 Å². The summed E-state index contributed by atoms with van der Waals surface area (Å²) in [7, 11) is 0. The Hall–Kier alpha value is -2.16. The van der Waals surface area contributed by atoms with Gasteiger partial charge < -0.3 is 10.4 Å². The van der Waals surface area contributed by atoms with Crippen molar-refractivity contribution in [3.63, 3.8) is 0 Å². The Kier molecular flexibility index (Phi) is 8.66. The molecule has 0 atom stereocenters. The van der Waals surface area contributed by atoms with Gasteiger partial charge in [-0.25, -0.2) is 4.98 Å². The van der Waals surface area contributed by atoms with Gasteiger partial charge in [0, 0.05) is 31.2 Å². The third-order valence-corrected chi connectivity index (χ3v) is 3.85. The number of nitrogens with zero attached hydrogens (tertiary/aromatic N) is 2. The highest BCUT2D eigenvalue weighted by Gasteiger charge is 2.06. The predicted molar refractivity (Wildman–Crippen MR) is 85.3 cm³/mol. The average Bonchev–Trinajstić information content (AvgIpc) is 2.51. The van der Waals surface area contributed by atoms with Gasteiger partial charge in [-0.3, -0.25) is 19.7 Å². The number of aliphatic carboxylic acids is 1. The molecule has 8 nitrogen and oxygen atoms in total. The molecule has 23 heavy (non-hydrogen) atoms. The molecule has 1 amide bonds. The first kappa shape index (κ1) is 18.9. The Bertz CT molecular complexity index is 536. The molecule has 1 heterocycles. The van der Waals surface area contributed by atoms with Crippen molar-refractivity contribution in [2.24, 2.45) is 0 Å². The van der Waals surface area contributed by atoms with Gasteiger partial charge in [0.2, 0.25) is 5.91 Å². The fourth-order valence-electron chi connectivity index (χ4n) is 1.71. The van der Waals surface area contributed by atoms with Crippen molar-refractivity contribution in [3.8, 4) is 0 Å². The summed E-state index contributed by atoms with van der Waals surface area (Å²) in [6.45, 7) is 0.541. The van der Waals surface area contributed by atoms with Gasteiger partial charge in [0.15, 0.2) is 0 Å². The van der Waals surface area contributed by atoms with Crippen molar-refractivity contribution in [1.82, 2.24) is 10.3 Å². The van der Waals surface area contributed by atoms with E-state index in [-0.39, 0.29) is 18.0 Å². The van der Waals surface area contributed by atoms with Crippen LogP contribution in [0.1, 0.15) is 32.1 Å². The first-order valence-corrected chi connectivity index (χ1v) is 8.19. The highest BCUT2D eigenvalue weighted by atomic mass is 32.2. The minimum atomic E-state index is -0.800. The lowest BCUT2D eigenvalue weighted by Crippen LogP contribution is -2.24. The van der Waals surface area contributed by atoms with E-state index in [4.69, 9.17) is 5.11 Å². The molecule has 0 aromatic carbocycles. The van der Waals surface area contributed by atoms with Crippen molar-refractivity contribution in [2.75, 3.05) is 12.3 Å². The summed E-state index contributed by atoms with van der Waals surface area (Å²) in [6.07, 6.45) is 3.84. The number of nitrogens with one attached hydrogen (secondary N) is 1. The van der Waals surface area contributed by atoms with Crippen LogP contribution in [-0.2, 0) is 9.59 Å². The van der Waals surface area contributed by atoms with E-state index in [0.717, 1.165) is 12.8 Å². The molecule has 1 aromatic heterocycles. The molecule has 0 saturated heterocycles. The van der Waals surface area contributed by atoms with Crippen LogP contribution in [0.15, 0.2) is 23.4 Å². The summed E-state index contributed by atoms with van der Waals surface area (Å²) in [4.78, 5) is 35.8. The summed E-state index contributed by atoms with van der Waals surface area (Å²) in [5.41, 5.74) is -0.0602. The largest absolute Gasteiger partial charge is 0.481 e. The number of thioether (sulfide) groups is 1. The highest BCUT2D eigenvalue weighted by molar-refractivity contribution is 7.99. The third kappa shape index (κ3) is 8.77. The number of carbonyl (C=O) groups excluding carboxylic acids is 1. The number of nitro groups is 1. The molecule has 0 saturated carbocycles. The Labute approximate surface area is 137 Å². The molecule has 2 N–H and O–H groups in total. The minimum absolute atomic E-state index is 0.0602. The monoisotopic (exact) mass is 341 g/mol. The van der Waals surface area contributed by atoms with E-state index in [0.29, 0.717) is 30.2 Å². The zero-order chi connectivity index (χ0) is 17.1. The Morgan fingerprint density at radius 1 is 1.26 bits per heavy atom. The van der Waals surface area contributed by atoms with E-state index in [9.17, 15) is 19.7 Å². The second kappa shape index (κ2) is 10.5. The average molecular weight is 341 g/mol. The molecule has 0 aliphatic heterocycles. The first-order valence-electron chi connectivity index (χ1n) is 7.21. The summed E-state index contributed by atoms with van der Waals surface area (Å²) in [5.74, 6) is -0.334. The van der Waals surface area contributed by atoms with Crippen LogP contribution in [0.5, 0.6) is 0 Å².